The largest absolute Gasteiger partial charge is 0.329 e. The Balaban J connectivity index is 2.26. The minimum absolute atomic E-state index is 0.291. The third-order valence-electron chi connectivity index (χ3n) is 5.30. The molecule has 2 N–H and O–H groups in total. The number of likely N-dealkylation sites (N-methyl/N-ethyl adjacent to an activating group) is 1. The maximum Gasteiger partial charge on any atom is 0.152 e. The van der Waals surface area contributed by atoms with Gasteiger partial charge in [-0.05, 0) is 46.3 Å². The second-order valence-corrected chi connectivity index (χ2v) is 8.95. The Labute approximate surface area is 123 Å². The summed E-state index contributed by atoms with van der Waals surface area (Å²) < 4.78 is 24.3. The van der Waals surface area contributed by atoms with Crippen LogP contribution < -0.4 is 5.73 Å². The van der Waals surface area contributed by atoms with Crippen LogP contribution in [-0.2, 0) is 9.84 Å². The maximum absolute atomic E-state index is 12.2. The third-order valence-corrected chi connectivity index (χ3v) is 7.01. The number of nitrogens with zero attached hydrogens (tertiary/aromatic N) is 2. The predicted octanol–water partition coefficient (Wildman–Crippen LogP) is 0.307. The van der Waals surface area contributed by atoms with E-state index in [1.54, 1.807) is 0 Å². The summed E-state index contributed by atoms with van der Waals surface area (Å²) in [7, 11) is 1.16. The van der Waals surface area contributed by atoms with Crippen LogP contribution in [0.1, 0.15) is 32.1 Å². The summed E-state index contributed by atoms with van der Waals surface area (Å²) in [6, 6.07) is 0.507. The summed E-state index contributed by atoms with van der Waals surface area (Å²) in [6.45, 7) is 2.37. The van der Waals surface area contributed by atoms with Gasteiger partial charge in [0.15, 0.2) is 9.84 Å². The van der Waals surface area contributed by atoms with Crippen LogP contribution >= 0.6 is 0 Å². The second kappa shape index (κ2) is 5.91. The summed E-state index contributed by atoms with van der Waals surface area (Å²) in [6.07, 6.45) is 6.34. The highest BCUT2D eigenvalue weighted by molar-refractivity contribution is 7.91. The van der Waals surface area contributed by atoms with E-state index in [1.807, 2.05) is 0 Å². The minimum atomic E-state index is -3.04. The van der Waals surface area contributed by atoms with E-state index in [1.165, 1.54) is 12.7 Å². The molecule has 118 valence electrons. The molecule has 3 unspecified atom stereocenters. The number of hydrogen-bond donors (Lipinski definition) is 1. The van der Waals surface area contributed by atoms with Crippen LogP contribution in [0.2, 0.25) is 0 Å². The molecular weight excluding hydrogens is 274 g/mol. The predicted molar refractivity (Wildman–Crippen MR) is 82.6 cm³/mol. The van der Waals surface area contributed by atoms with Crippen LogP contribution in [0.5, 0.6) is 0 Å². The quantitative estimate of drug-likeness (QED) is 0.809. The lowest BCUT2D eigenvalue weighted by atomic mass is 9.90. The zero-order valence-electron chi connectivity index (χ0n) is 13.0. The van der Waals surface area contributed by atoms with Crippen molar-refractivity contribution in [1.29, 1.82) is 0 Å². The van der Waals surface area contributed by atoms with E-state index in [9.17, 15) is 8.42 Å². The molecule has 3 atom stereocenters. The van der Waals surface area contributed by atoms with Crippen molar-refractivity contribution in [3.8, 4) is 0 Å². The summed E-state index contributed by atoms with van der Waals surface area (Å²) in [5, 5.41) is -0.291. The van der Waals surface area contributed by atoms with E-state index in [4.69, 9.17) is 5.73 Å². The lowest BCUT2D eigenvalue weighted by Gasteiger charge is -2.48. The Bertz CT molecular complexity index is 438. The van der Waals surface area contributed by atoms with Crippen LogP contribution in [0.15, 0.2) is 0 Å². The molecule has 0 amide bonds. The molecule has 2 aliphatic rings. The number of likely N-dealkylation sites (tertiary alicyclic amines) is 1. The molecule has 0 bridgehead atoms. The molecule has 2 fully saturated rings. The van der Waals surface area contributed by atoms with Gasteiger partial charge < -0.3 is 10.6 Å². The Morgan fingerprint density at radius 3 is 2.55 bits per heavy atom. The molecule has 1 heterocycles. The average Bonchev–Trinajstić information content (AvgIpc) is 2.84. The summed E-state index contributed by atoms with van der Waals surface area (Å²) in [5.41, 5.74) is 5.76. The highest BCUT2D eigenvalue weighted by atomic mass is 32.2. The van der Waals surface area contributed by atoms with Gasteiger partial charge in [-0.25, -0.2) is 8.42 Å². The highest BCUT2D eigenvalue weighted by Crippen LogP contribution is 2.40. The van der Waals surface area contributed by atoms with Crippen molar-refractivity contribution in [2.75, 3.05) is 40.0 Å². The topological polar surface area (TPSA) is 66.6 Å². The van der Waals surface area contributed by atoms with Gasteiger partial charge in [-0.3, -0.25) is 4.90 Å². The maximum atomic E-state index is 12.2. The molecule has 0 spiro atoms. The van der Waals surface area contributed by atoms with E-state index in [2.05, 4.69) is 23.9 Å². The Kier molecular flexibility index (Phi) is 4.79. The first-order valence-corrected chi connectivity index (χ1v) is 9.57. The molecule has 0 aromatic carbocycles. The van der Waals surface area contributed by atoms with Gasteiger partial charge in [-0.2, -0.15) is 0 Å². The molecule has 0 radical (unpaired) electrons. The zero-order chi connectivity index (χ0) is 15.0. The van der Waals surface area contributed by atoms with Gasteiger partial charge in [-0.1, -0.05) is 6.42 Å². The third kappa shape index (κ3) is 2.89. The standard InChI is InChI=1S/C14H29N3O2S/c1-16(2)12-6-5-9-17(10-12)14(11-15)8-4-7-13(14)20(3,18)19/h12-13H,4-11,15H2,1-3H3. The van der Waals surface area contributed by atoms with Crippen molar-refractivity contribution in [1.82, 2.24) is 9.80 Å². The minimum Gasteiger partial charge on any atom is -0.329 e. The number of nitrogens with two attached hydrogens (primary N) is 1. The summed E-state index contributed by atoms with van der Waals surface area (Å²) >= 11 is 0. The van der Waals surface area contributed by atoms with Gasteiger partial charge in [-0.15, -0.1) is 0 Å². The monoisotopic (exact) mass is 303 g/mol. The number of piperidine rings is 1. The van der Waals surface area contributed by atoms with E-state index in [-0.39, 0.29) is 10.8 Å². The Morgan fingerprint density at radius 1 is 1.30 bits per heavy atom. The van der Waals surface area contributed by atoms with Crippen molar-refractivity contribution in [3.05, 3.63) is 0 Å². The highest BCUT2D eigenvalue weighted by Gasteiger charge is 2.51. The molecule has 1 aliphatic carbocycles. The lowest BCUT2D eigenvalue weighted by Crippen LogP contribution is -2.64. The SMILES string of the molecule is CN(C)C1CCCN(C2(CN)CCCC2S(C)(=O)=O)C1. The number of rotatable bonds is 4. The van der Waals surface area contributed by atoms with Crippen molar-refractivity contribution in [3.63, 3.8) is 0 Å². The smallest absolute Gasteiger partial charge is 0.152 e. The van der Waals surface area contributed by atoms with Crippen molar-refractivity contribution in [2.45, 2.75) is 48.9 Å². The second-order valence-electron chi connectivity index (χ2n) is 6.72. The first-order valence-electron chi connectivity index (χ1n) is 7.61. The van der Waals surface area contributed by atoms with Gasteiger partial charge in [0.2, 0.25) is 0 Å². The molecule has 6 heteroatoms. The fraction of sp³-hybridized carbons (Fsp3) is 1.00. The van der Waals surface area contributed by atoms with E-state index in [0.717, 1.165) is 38.8 Å². The van der Waals surface area contributed by atoms with Crippen LogP contribution in [0.4, 0.5) is 0 Å². The average molecular weight is 303 g/mol. The first kappa shape index (κ1) is 16.2. The number of hydrogen-bond acceptors (Lipinski definition) is 5. The normalized spacial score (nSPS) is 36.6. The van der Waals surface area contributed by atoms with Crippen molar-refractivity contribution < 1.29 is 8.42 Å². The Hall–Kier alpha value is -0.170. The molecule has 20 heavy (non-hydrogen) atoms. The summed E-state index contributed by atoms with van der Waals surface area (Å²) in [5.74, 6) is 0. The molecule has 1 saturated carbocycles. The molecule has 2 rings (SSSR count). The Morgan fingerprint density at radius 2 is 2.00 bits per heavy atom. The fourth-order valence-electron chi connectivity index (χ4n) is 4.14. The number of sulfone groups is 1. The van der Waals surface area contributed by atoms with E-state index in [0.29, 0.717) is 12.6 Å². The van der Waals surface area contributed by atoms with Gasteiger partial charge in [0.1, 0.15) is 0 Å². The zero-order valence-corrected chi connectivity index (χ0v) is 13.8. The van der Waals surface area contributed by atoms with Crippen LogP contribution in [0.25, 0.3) is 0 Å². The molecule has 1 saturated heterocycles. The van der Waals surface area contributed by atoms with Crippen molar-refractivity contribution >= 4 is 9.84 Å². The van der Waals surface area contributed by atoms with Gasteiger partial charge >= 0.3 is 0 Å². The first-order chi connectivity index (χ1) is 9.31. The van der Waals surface area contributed by atoms with Crippen molar-refractivity contribution in [2.24, 2.45) is 5.73 Å². The van der Waals surface area contributed by atoms with Gasteiger partial charge in [0.05, 0.1) is 5.25 Å². The van der Waals surface area contributed by atoms with Gasteiger partial charge in [0, 0.05) is 30.9 Å². The van der Waals surface area contributed by atoms with Crippen LogP contribution in [0, 0.1) is 0 Å². The molecule has 0 aromatic rings. The van der Waals surface area contributed by atoms with E-state index >= 15 is 0 Å². The molecule has 1 aliphatic heterocycles. The van der Waals surface area contributed by atoms with Crippen LogP contribution in [0.3, 0.4) is 0 Å². The molecular formula is C14H29N3O2S. The van der Waals surface area contributed by atoms with Gasteiger partial charge in [0.25, 0.3) is 0 Å². The lowest BCUT2D eigenvalue weighted by molar-refractivity contribution is 0.0403. The summed E-state index contributed by atoms with van der Waals surface area (Å²) in [4.78, 5) is 4.64. The van der Waals surface area contributed by atoms with E-state index < -0.39 is 9.84 Å². The molecule has 0 aromatic heterocycles. The van der Waals surface area contributed by atoms with Crippen LogP contribution in [-0.4, -0.2) is 75.0 Å². The fourth-order valence-corrected chi connectivity index (χ4v) is 5.90. The molecule has 5 nitrogen and oxygen atoms in total.